The van der Waals surface area contributed by atoms with Crippen LogP contribution in [0.2, 0.25) is 0 Å². The van der Waals surface area contributed by atoms with Gasteiger partial charge < -0.3 is 10.6 Å². The van der Waals surface area contributed by atoms with Crippen molar-refractivity contribution >= 4 is 11.6 Å². The highest BCUT2D eigenvalue weighted by atomic mass is 16.1. The van der Waals surface area contributed by atoms with Crippen LogP contribution in [0.3, 0.4) is 0 Å². The molecule has 0 spiro atoms. The highest BCUT2D eigenvalue weighted by Crippen LogP contribution is 2.12. The smallest absolute Gasteiger partial charge is 0.239 e. The second-order valence-electron chi connectivity index (χ2n) is 6.34. The van der Waals surface area contributed by atoms with Gasteiger partial charge in [-0.3, -0.25) is 4.79 Å². The zero-order chi connectivity index (χ0) is 18.4. The van der Waals surface area contributed by atoms with Crippen LogP contribution >= 0.6 is 0 Å². The minimum Gasteiger partial charge on any atom is -0.376 e. The van der Waals surface area contributed by atoms with Gasteiger partial charge in [-0.25, -0.2) is 9.67 Å². The van der Waals surface area contributed by atoms with Crippen molar-refractivity contribution in [1.82, 2.24) is 20.1 Å². The van der Waals surface area contributed by atoms with Crippen molar-refractivity contribution in [3.8, 4) is 5.69 Å². The number of benzene rings is 2. The zero-order valence-corrected chi connectivity index (χ0v) is 15.0. The minimum absolute atomic E-state index is 0.0218. The van der Waals surface area contributed by atoms with E-state index in [1.54, 1.807) is 11.0 Å². The molecule has 6 heteroatoms. The Morgan fingerprint density at radius 3 is 2.62 bits per heavy atom. The lowest BCUT2D eigenvalue weighted by Crippen LogP contribution is -2.37. The molecule has 1 amide bonds. The molecule has 0 bridgehead atoms. The van der Waals surface area contributed by atoms with Crippen LogP contribution in [0.4, 0.5) is 5.69 Å². The molecule has 1 heterocycles. The maximum atomic E-state index is 12.2. The van der Waals surface area contributed by atoms with E-state index in [2.05, 4.69) is 39.8 Å². The van der Waals surface area contributed by atoms with E-state index in [0.717, 1.165) is 17.8 Å². The molecule has 134 valence electrons. The average Bonchev–Trinajstić information content (AvgIpc) is 3.17. The van der Waals surface area contributed by atoms with Gasteiger partial charge in [-0.05, 0) is 55.7 Å². The van der Waals surface area contributed by atoms with E-state index >= 15 is 0 Å². The number of nitrogens with zero attached hydrogens (tertiary/aromatic N) is 3. The van der Waals surface area contributed by atoms with Gasteiger partial charge in [0.15, 0.2) is 0 Å². The van der Waals surface area contributed by atoms with Crippen LogP contribution in [-0.2, 0) is 11.2 Å². The van der Waals surface area contributed by atoms with E-state index in [1.807, 2.05) is 43.3 Å². The summed E-state index contributed by atoms with van der Waals surface area (Å²) in [5, 5.41) is 10.3. The lowest BCUT2D eigenvalue weighted by molar-refractivity contribution is -0.119. The molecule has 0 saturated carbocycles. The lowest BCUT2D eigenvalue weighted by atomic mass is 10.0. The van der Waals surface area contributed by atoms with E-state index in [-0.39, 0.29) is 18.5 Å². The number of rotatable bonds is 7. The Hall–Kier alpha value is -3.15. The normalized spacial score (nSPS) is 11.8. The molecule has 0 aliphatic carbocycles. The third-order valence-electron chi connectivity index (χ3n) is 4.20. The Labute approximate surface area is 153 Å². The van der Waals surface area contributed by atoms with Crippen LogP contribution in [0.15, 0.2) is 61.2 Å². The summed E-state index contributed by atoms with van der Waals surface area (Å²) in [6.07, 6.45) is 3.96. The van der Waals surface area contributed by atoms with Crippen LogP contribution in [0.5, 0.6) is 0 Å². The standard InChI is InChI=1S/C20H23N5O/c1-15-5-3-4-6-17(15)11-16(2)24-20(26)12-22-18-7-9-19(10-8-18)25-14-21-13-23-25/h3-10,13-14,16,22H,11-12H2,1-2H3,(H,24,26). The molecule has 0 radical (unpaired) electrons. The summed E-state index contributed by atoms with van der Waals surface area (Å²) in [6.45, 7) is 4.35. The number of nitrogens with one attached hydrogen (secondary N) is 2. The Morgan fingerprint density at radius 2 is 1.92 bits per heavy atom. The fraction of sp³-hybridized carbons (Fsp3) is 0.250. The third kappa shape index (κ3) is 4.69. The Kier molecular flexibility index (Phi) is 5.63. The van der Waals surface area contributed by atoms with Crippen molar-refractivity contribution in [2.45, 2.75) is 26.3 Å². The van der Waals surface area contributed by atoms with Gasteiger partial charge in [0.2, 0.25) is 5.91 Å². The summed E-state index contributed by atoms with van der Waals surface area (Å²) in [4.78, 5) is 16.1. The highest BCUT2D eigenvalue weighted by molar-refractivity contribution is 5.81. The number of anilines is 1. The van der Waals surface area contributed by atoms with E-state index < -0.39 is 0 Å². The van der Waals surface area contributed by atoms with E-state index in [9.17, 15) is 4.79 Å². The van der Waals surface area contributed by atoms with Crippen LogP contribution in [0.1, 0.15) is 18.1 Å². The fourth-order valence-corrected chi connectivity index (χ4v) is 2.80. The lowest BCUT2D eigenvalue weighted by Gasteiger charge is -2.16. The first kappa shape index (κ1) is 17.7. The number of carbonyl (C=O) groups is 1. The first-order valence-corrected chi connectivity index (χ1v) is 8.64. The van der Waals surface area contributed by atoms with Crippen molar-refractivity contribution in [2.75, 3.05) is 11.9 Å². The summed E-state index contributed by atoms with van der Waals surface area (Å²) >= 11 is 0. The maximum Gasteiger partial charge on any atom is 0.239 e. The second-order valence-corrected chi connectivity index (χ2v) is 6.34. The summed E-state index contributed by atoms with van der Waals surface area (Å²) in [5.41, 5.74) is 4.32. The summed E-state index contributed by atoms with van der Waals surface area (Å²) in [7, 11) is 0. The number of hydrogen-bond acceptors (Lipinski definition) is 4. The largest absolute Gasteiger partial charge is 0.376 e. The molecule has 0 saturated heterocycles. The molecule has 1 aromatic heterocycles. The second kappa shape index (κ2) is 8.29. The molecule has 0 fully saturated rings. The van der Waals surface area contributed by atoms with Crippen LogP contribution in [0.25, 0.3) is 5.69 Å². The van der Waals surface area contributed by atoms with Gasteiger partial charge in [0.1, 0.15) is 12.7 Å². The fourth-order valence-electron chi connectivity index (χ4n) is 2.80. The van der Waals surface area contributed by atoms with E-state index in [4.69, 9.17) is 0 Å². The number of aryl methyl sites for hydroxylation is 1. The topological polar surface area (TPSA) is 71.8 Å². The first-order valence-electron chi connectivity index (χ1n) is 8.64. The number of amides is 1. The van der Waals surface area contributed by atoms with Crippen molar-refractivity contribution in [3.05, 3.63) is 72.3 Å². The minimum atomic E-state index is -0.0218. The molecular weight excluding hydrogens is 326 g/mol. The number of hydrogen-bond donors (Lipinski definition) is 2. The third-order valence-corrected chi connectivity index (χ3v) is 4.20. The summed E-state index contributed by atoms with van der Waals surface area (Å²) in [5.74, 6) is -0.0218. The first-order chi connectivity index (χ1) is 12.6. The quantitative estimate of drug-likeness (QED) is 0.688. The predicted octanol–water partition coefficient (Wildman–Crippen LogP) is 2.74. The van der Waals surface area contributed by atoms with Gasteiger partial charge >= 0.3 is 0 Å². The van der Waals surface area contributed by atoms with Crippen molar-refractivity contribution in [2.24, 2.45) is 0 Å². The summed E-state index contributed by atoms with van der Waals surface area (Å²) < 4.78 is 1.68. The van der Waals surface area contributed by atoms with Crippen molar-refractivity contribution in [3.63, 3.8) is 0 Å². The SMILES string of the molecule is Cc1ccccc1CC(C)NC(=O)CNc1ccc(-n2cncn2)cc1. The van der Waals surface area contributed by atoms with E-state index in [0.29, 0.717) is 0 Å². The molecular formula is C20H23N5O. The van der Waals surface area contributed by atoms with Crippen LogP contribution in [-0.4, -0.2) is 33.3 Å². The van der Waals surface area contributed by atoms with Crippen molar-refractivity contribution in [1.29, 1.82) is 0 Å². The van der Waals surface area contributed by atoms with Crippen LogP contribution in [0, 0.1) is 6.92 Å². The maximum absolute atomic E-state index is 12.2. The number of aromatic nitrogens is 3. The van der Waals surface area contributed by atoms with Crippen molar-refractivity contribution < 1.29 is 4.79 Å². The highest BCUT2D eigenvalue weighted by Gasteiger charge is 2.09. The predicted molar refractivity (Wildman–Crippen MR) is 102 cm³/mol. The molecule has 0 aliphatic heterocycles. The molecule has 3 aromatic rings. The van der Waals surface area contributed by atoms with Gasteiger partial charge in [-0.1, -0.05) is 24.3 Å². The zero-order valence-electron chi connectivity index (χ0n) is 15.0. The Bertz CT molecular complexity index is 843. The van der Waals surface area contributed by atoms with Gasteiger partial charge in [-0.2, -0.15) is 5.10 Å². The van der Waals surface area contributed by atoms with Gasteiger partial charge in [0.25, 0.3) is 0 Å². The molecule has 1 atom stereocenters. The molecule has 2 N–H and O–H groups in total. The van der Waals surface area contributed by atoms with Gasteiger partial charge in [-0.15, -0.1) is 0 Å². The van der Waals surface area contributed by atoms with E-state index in [1.165, 1.54) is 17.5 Å². The summed E-state index contributed by atoms with van der Waals surface area (Å²) in [6, 6.07) is 16.0. The Morgan fingerprint density at radius 1 is 1.15 bits per heavy atom. The Balaban J connectivity index is 1.47. The molecule has 2 aromatic carbocycles. The van der Waals surface area contributed by atoms with Gasteiger partial charge in [0, 0.05) is 11.7 Å². The van der Waals surface area contributed by atoms with Gasteiger partial charge in [0.05, 0.1) is 12.2 Å². The van der Waals surface area contributed by atoms with Crippen LogP contribution < -0.4 is 10.6 Å². The molecule has 3 rings (SSSR count). The number of carbonyl (C=O) groups excluding carboxylic acids is 1. The monoisotopic (exact) mass is 349 g/mol. The molecule has 0 aliphatic rings. The molecule has 26 heavy (non-hydrogen) atoms. The molecule has 6 nitrogen and oxygen atoms in total. The average molecular weight is 349 g/mol. The molecule has 1 unspecified atom stereocenters.